The molecule has 4 rings (SSSR count). The minimum Gasteiger partial charge on any atom is -0.361 e. The van der Waals surface area contributed by atoms with Gasteiger partial charge in [0, 0.05) is 6.04 Å². The monoisotopic (exact) mass is 307 g/mol. The summed E-state index contributed by atoms with van der Waals surface area (Å²) in [6.07, 6.45) is 6.50. The number of piperidine rings is 1. The van der Waals surface area contributed by atoms with Crippen LogP contribution in [0.2, 0.25) is 0 Å². The van der Waals surface area contributed by atoms with Gasteiger partial charge in [-0.15, -0.1) is 0 Å². The molecule has 0 bridgehead atoms. The number of aryl methyl sites for hydroxylation is 1. The van der Waals surface area contributed by atoms with E-state index in [-0.39, 0.29) is 0 Å². The molecule has 2 aromatic rings. The molecule has 0 aliphatic carbocycles. The molecule has 2 aromatic carbocycles. The Morgan fingerprint density at radius 2 is 1.65 bits per heavy atom. The van der Waals surface area contributed by atoms with Crippen molar-refractivity contribution in [2.75, 3.05) is 6.61 Å². The third-order valence-corrected chi connectivity index (χ3v) is 5.34. The first-order chi connectivity index (χ1) is 11.4. The largest absolute Gasteiger partial charge is 0.361 e. The molecule has 2 heteroatoms. The highest BCUT2D eigenvalue weighted by Gasteiger charge is 2.41. The zero-order chi connectivity index (χ0) is 15.5. The topological polar surface area (TPSA) is 12.5 Å². The molecular formula is C21H25NO. The predicted octanol–water partition coefficient (Wildman–Crippen LogP) is 4.57. The molecular weight excluding hydrogens is 282 g/mol. The Morgan fingerprint density at radius 1 is 0.913 bits per heavy atom. The summed E-state index contributed by atoms with van der Waals surface area (Å²) in [7, 11) is 0. The summed E-state index contributed by atoms with van der Waals surface area (Å²) in [6.45, 7) is 0.844. The van der Waals surface area contributed by atoms with Crippen LogP contribution in [0.15, 0.2) is 60.7 Å². The second-order valence-corrected chi connectivity index (χ2v) is 6.77. The van der Waals surface area contributed by atoms with Crippen LogP contribution in [-0.2, 0) is 11.2 Å². The summed E-state index contributed by atoms with van der Waals surface area (Å²) < 4.78 is 6.13. The maximum absolute atomic E-state index is 6.13. The van der Waals surface area contributed by atoms with Gasteiger partial charge in [0.25, 0.3) is 0 Å². The minimum atomic E-state index is 0.328. The van der Waals surface area contributed by atoms with E-state index >= 15 is 0 Å². The molecule has 0 amide bonds. The molecule has 1 unspecified atom stereocenters. The quantitative estimate of drug-likeness (QED) is 0.820. The van der Waals surface area contributed by atoms with Crippen molar-refractivity contribution in [1.82, 2.24) is 4.90 Å². The van der Waals surface area contributed by atoms with E-state index in [1.807, 2.05) is 0 Å². The third kappa shape index (κ3) is 3.19. The van der Waals surface area contributed by atoms with Crippen LogP contribution in [0.5, 0.6) is 0 Å². The van der Waals surface area contributed by atoms with Crippen LogP contribution in [0.1, 0.15) is 42.9 Å². The Morgan fingerprint density at radius 3 is 2.43 bits per heavy atom. The van der Waals surface area contributed by atoms with E-state index in [9.17, 15) is 0 Å². The second kappa shape index (κ2) is 6.86. The first-order valence-corrected chi connectivity index (χ1v) is 8.90. The number of fused-ring (bicyclic) bond motifs is 1. The van der Waals surface area contributed by atoms with Crippen LogP contribution in [0.3, 0.4) is 0 Å². The molecule has 0 spiro atoms. The van der Waals surface area contributed by atoms with Gasteiger partial charge in [-0.2, -0.15) is 0 Å². The molecule has 2 nitrogen and oxygen atoms in total. The lowest BCUT2D eigenvalue weighted by Gasteiger charge is -2.40. The highest BCUT2D eigenvalue weighted by molar-refractivity contribution is 5.21. The van der Waals surface area contributed by atoms with Crippen molar-refractivity contribution in [2.24, 2.45) is 0 Å². The molecule has 2 saturated heterocycles. The summed E-state index contributed by atoms with van der Waals surface area (Å²) >= 11 is 0. The van der Waals surface area contributed by atoms with Gasteiger partial charge in [0.05, 0.1) is 12.6 Å². The summed E-state index contributed by atoms with van der Waals surface area (Å²) in [6, 6.07) is 22.8. The second-order valence-electron chi connectivity index (χ2n) is 6.77. The van der Waals surface area contributed by atoms with Gasteiger partial charge < -0.3 is 4.74 Å². The van der Waals surface area contributed by atoms with Crippen molar-refractivity contribution in [3.05, 3.63) is 71.8 Å². The van der Waals surface area contributed by atoms with Crippen LogP contribution in [0.4, 0.5) is 0 Å². The van der Waals surface area contributed by atoms with Crippen LogP contribution in [0.25, 0.3) is 0 Å². The molecule has 120 valence electrons. The number of ether oxygens (including phenoxy) is 1. The molecule has 0 N–H and O–H groups in total. The van der Waals surface area contributed by atoms with Crippen molar-refractivity contribution in [3.63, 3.8) is 0 Å². The molecule has 2 aliphatic heterocycles. The summed E-state index contributed by atoms with van der Waals surface area (Å²) in [4.78, 5) is 2.67. The molecule has 2 heterocycles. The Bertz CT molecular complexity index is 612. The van der Waals surface area contributed by atoms with E-state index < -0.39 is 0 Å². The molecule has 3 atom stereocenters. The van der Waals surface area contributed by atoms with Crippen LogP contribution in [0, 0.1) is 0 Å². The lowest BCUT2D eigenvalue weighted by Crippen LogP contribution is -2.44. The smallest absolute Gasteiger partial charge is 0.111 e. The maximum atomic E-state index is 6.13. The van der Waals surface area contributed by atoms with Gasteiger partial charge in [-0.3, -0.25) is 4.90 Å². The summed E-state index contributed by atoms with van der Waals surface area (Å²) in [5.74, 6) is 0. The van der Waals surface area contributed by atoms with Gasteiger partial charge in [0.15, 0.2) is 0 Å². The highest BCUT2D eigenvalue weighted by atomic mass is 16.5. The first kappa shape index (κ1) is 14.9. The van der Waals surface area contributed by atoms with Gasteiger partial charge >= 0.3 is 0 Å². The number of nitrogens with zero attached hydrogens (tertiary/aromatic N) is 1. The molecule has 0 aromatic heterocycles. The van der Waals surface area contributed by atoms with Gasteiger partial charge in [0.2, 0.25) is 0 Å². The van der Waals surface area contributed by atoms with E-state index in [0.717, 1.165) is 13.0 Å². The van der Waals surface area contributed by atoms with E-state index in [2.05, 4.69) is 65.6 Å². The molecule has 0 saturated carbocycles. The Kier molecular flexibility index (Phi) is 4.45. The van der Waals surface area contributed by atoms with Crippen molar-refractivity contribution in [3.8, 4) is 0 Å². The van der Waals surface area contributed by atoms with Crippen molar-refractivity contribution < 1.29 is 4.74 Å². The van der Waals surface area contributed by atoms with Crippen molar-refractivity contribution >= 4 is 0 Å². The normalized spacial score (nSPS) is 27.7. The minimum absolute atomic E-state index is 0.328. The van der Waals surface area contributed by atoms with E-state index in [1.54, 1.807) is 0 Å². The van der Waals surface area contributed by atoms with Gasteiger partial charge in [-0.05, 0) is 43.2 Å². The van der Waals surface area contributed by atoms with Crippen molar-refractivity contribution in [2.45, 2.75) is 50.4 Å². The number of hydrogen-bond acceptors (Lipinski definition) is 2. The standard InChI is InChI=1S/C21H25NO/c1-3-8-17(9-4-1)14-15-19-12-7-13-21-22(19)20(16-23-21)18-10-5-2-6-11-18/h1-6,8-11,19-21H,7,12-16H2/t19-,20+,21?/m0/s1. The van der Waals surface area contributed by atoms with Gasteiger partial charge in [0.1, 0.15) is 6.23 Å². The lowest BCUT2D eigenvalue weighted by atomic mass is 9.92. The SMILES string of the molecule is c1ccc(CC[C@@H]2CCCC3OC[C@H](c4ccccc4)N32)cc1. The lowest BCUT2D eigenvalue weighted by molar-refractivity contribution is -0.0281. The van der Waals surface area contributed by atoms with Crippen LogP contribution in [-0.4, -0.2) is 23.8 Å². The predicted molar refractivity (Wildman–Crippen MR) is 93.2 cm³/mol. The Labute approximate surface area is 139 Å². The Hall–Kier alpha value is -1.64. The van der Waals surface area contributed by atoms with E-state index in [1.165, 1.54) is 36.8 Å². The van der Waals surface area contributed by atoms with Crippen LogP contribution >= 0.6 is 0 Å². The molecule has 0 radical (unpaired) electrons. The van der Waals surface area contributed by atoms with E-state index in [4.69, 9.17) is 4.74 Å². The van der Waals surface area contributed by atoms with Gasteiger partial charge in [-0.25, -0.2) is 0 Å². The third-order valence-electron chi connectivity index (χ3n) is 5.34. The average molecular weight is 307 g/mol. The molecule has 2 fully saturated rings. The fourth-order valence-electron chi connectivity index (χ4n) is 4.19. The first-order valence-electron chi connectivity index (χ1n) is 8.90. The molecule has 23 heavy (non-hydrogen) atoms. The number of benzene rings is 2. The fourth-order valence-corrected chi connectivity index (χ4v) is 4.19. The summed E-state index contributed by atoms with van der Waals surface area (Å²) in [5.41, 5.74) is 2.85. The highest BCUT2D eigenvalue weighted by Crippen LogP contribution is 2.39. The Balaban J connectivity index is 1.50. The summed E-state index contributed by atoms with van der Waals surface area (Å²) in [5, 5.41) is 0. The average Bonchev–Trinajstić information content (AvgIpc) is 3.06. The van der Waals surface area contributed by atoms with E-state index in [0.29, 0.717) is 18.3 Å². The number of rotatable bonds is 4. The fraction of sp³-hybridized carbons (Fsp3) is 0.429. The molecule has 2 aliphatic rings. The van der Waals surface area contributed by atoms with Crippen molar-refractivity contribution in [1.29, 1.82) is 0 Å². The maximum Gasteiger partial charge on any atom is 0.111 e. The number of hydrogen-bond donors (Lipinski definition) is 0. The zero-order valence-electron chi connectivity index (χ0n) is 13.6. The van der Waals surface area contributed by atoms with Gasteiger partial charge in [-0.1, -0.05) is 60.7 Å². The zero-order valence-corrected chi connectivity index (χ0v) is 13.6. The van der Waals surface area contributed by atoms with Crippen LogP contribution < -0.4 is 0 Å².